The Bertz CT molecular complexity index is 652. The Kier molecular flexibility index (Phi) is 3.85. The van der Waals surface area contributed by atoms with E-state index in [-0.39, 0.29) is 6.61 Å². The molecule has 7 heteroatoms. The van der Waals surface area contributed by atoms with Crippen LogP contribution in [-0.4, -0.2) is 56.8 Å². The van der Waals surface area contributed by atoms with Crippen LogP contribution in [0.4, 0.5) is 0 Å². The number of rotatable bonds is 4. The summed E-state index contributed by atoms with van der Waals surface area (Å²) in [5.74, 6) is -0.198. The quantitative estimate of drug-likeness (QED) is 0.826. The monoisotopic (exact) mass is 289 g/mol. The predicted molar refractivity (Wildman–Crippen MR) is 77.0 cm³/mol. The Morgan fingerprint density at radius 1 is 1.52 bits per heavy atom. The maximum Gasteiger partial charge on any atom is 0.254 e. The van der Waals surface area contributed by atoms with Crippen molar-refractivity contribution >= 4 is 11.6 Å². The van der Waals surface area contributed by atoms with Crippen LogP contribution in [0.3, 0.4) is 0 Å². The first kappa shape index (κ1) is 14.0. The lowest BCUT2D eigenvalue weighted by molar-refractivity contribution is 0.100. The molecule has 2 aromatic heterocycles. The highest BCUT2D eigenvalue weighted by Gasteiger charge is 2.24. The summed E-state index contributed by atoms with van der Waals surface area (Å²) >= 11 is 0. The van der Waals surface area contributed by atoms with Crippen LogP contribution in [0, 0.1) is 0 Å². The van der Waals surface area contributed by atoms with E-state index < -0.39 is 5.91 Å². The second kappa shape index (κ2) is 5.79. The highest BCUT2D eigenvalue weighted by molar-refractivity contribution is 5.98. The fourth-order valence-corrected chi connectivity index (χ4v) is 3.03. The molecular formula is C14H19N5O2. The number of fused-ring (bicyclic) bond motifs is 1. The highest BCUT2D eigenvalue weighted by atomic mass is 16.3. The van der Waals surface area contributed by atoms with Gasteiger partial charge in [-0.25, -0.2) is 9.50 Å². The number of likely N-dealkylation sites (tertiary alicyclic amines) is 1. The van der Waals surface area contributed by atoms with E-state index in [0.29, 0.717) is 23.7 Å². The van der Waals surface area contributed by atoms with E-state index in [0.717, 1.165) is 31.6 Å². The van der Waals surface area contributed by atoms with Crippen molar-refractivity contribution in [1.29, 1.82) is 0 Å². The number of aromatic nitrogens is 3. The van der Waals surface area contributed by atoms with E-state index in [4.69, 9.17) is 10.8 Å². The minimum atomic E-state index is -0.514. The van der Waals surface area contributed by atoms with Crippen LogP contribution >= 0.6 is 0 Å². The number of aliphatic hydroxyl groups is 1. The number of amides is 1. The third-order valence-corrected chi connectivity index (χ3v) is 4.04. The second-order valence-corrected chi connectivity index (χ2v) is 5.39. The number of aliphatic hydroxyl groups excluding tert-OH is 1. The van der Waals surface area contributed by atoms with Crippen molar-refractivity contribution in [2.75, 3.05) is 26.2 Å². The molecule has 21 heavy (non-hydrogen) atoms. The van der Waals surface area contributed by atoms with E-state index in [1.54, 1.807) is 10.7 Å². The number of nitrogens with zero attached hydrogens (tertiary/aromatic N) is 4. The molecule has 0 bridgehead atoms. The van der Waals surface area contributed by atoms with Crippen molar-refractivity contribution in [3.8, 4) is 0 Å². The van der Waals surface area contributed by atoms with Crippen LogP contribution in [-0.2, 0) is 0 Å². The Morgan fingerprint density at radius 3 is 3.14 bits per heavy atom. The molecule has 1 saturated heterocycles. The lowest BCUT2D eigenvalue weighted by Crippen LogP contribution is -2.36. The molecule has 0 aromatic carbocycles. The SMILES string of the molecule is NC(=O)c1cnn2c(C3CCCN(CCO)C3)ccnc12. The van der Waals surface area contributed by atoms with E-state index >= 15 is 0 Å². The van der Waals surface area contributed by atoms with Gasteiger partial charge < -0.3 is 15.7 Å². The molecule has 0 saturated carbocycles. The van der Waals surface area contributed by atoms with Crippen LogP contribution in [0.1, 0.15) is 34.8 Å². The minimum absolute atomic E-state index is 0.173. The summed E-state index contributed by atoms with van der Waals surface area (Å²) in [6.45, 7) is 2.75. The van der Waals surface area contributed by atoms with E-state index in [2.05, 4.69) is 15.0 Å². The average Bonchev–Trinajstić information content (AvgIpc) is 2.92. The third-order valence-electron chi connectivity index (χ3n) is 4.04. The summed E-state index contributed by atoms with van der Waals surface area (Å²) in [4.78, 5) is 17.9. The number of β-amino-alcohol motifs (C(OH)–C–C–N with tert-alkyl or cyclic N) is 1. The molecule has 2 aromatic rings. The number of hydrogen-bond donors (Lipinski definition) is 2. The number of piperidine rings is 1. The fraction of sp³-hybridized carbons (Fsp3) is 0.500. The zero-order valence-corrected chi connectivity index (χ0v) is 11.8. The number of hydrogen-bond acceptors (Lipinski definition) is 5. The Hall–Kier alpha value is -1.99. The summed E-state index contributed by atoms with van der Waals surface area (Å²) in [6.07, 6.45) is 5.32. The first-order valence-electron chi connectivity index (χ1n) is 7.16. The topological polar surface area (TPSA) is 96.8 Å². The number of carbonyl (C=O) groups is 1. The van der Waals surface area contributed by atoms with Gasteiger partial charge in [-0.2, -0.15) is 5.10 Å². The van der Waals surface area contributed by atoms with Crippen LogP contribution in [0.2, 0.25) is 0 Å². The Morgan fingerprint density at radius 2 is 2.38 bits per heavy atom. The van der Waals surface area contributed by atoms with Crippen molar-refractivity contribution in [3.63, 3.8) is 0 Å². The summed E-state index contributed by atoms with van der Waals surface area (Å²) in [7, 11) is 0. The van der Waals surface area contributed by atoms with Gasteiger partial charge in [0.25, 0.3) is 5.91 Å². The standard InChI is InChI=1S/C14H19N5O2/c15-13(21)11-8-17-19-12(3-4-16-14(11)19)10-2-1-5-18(9-10)6-7-20/h3-4,8,10,20H,1-2,5-7,9H2,(H2,15,21). The van der Waals surface area contributed by atoms with Gasteiger partial charge in [0.2, 0.25) is 0 Å². The normalized spacial score (nSPS) is 20.0. The summed E-state index contributed by atoms with van der Waals surface area (Å²) in [5, 5.41) is 13.4. The molecular weight excluding hydrogens is 270 g/mol. The van der Waals surface area contributed by atoms with Crippen molar-refractivity contribution in [2.24, 2.45) is 5.73 Å². The molecule has 112 valence electrons. The summed E-state index contributed by atoms with van der Waals surface area (Å²) in [5.41, 5.74) is 7.24. The number of carbonyl (C=O) groups excluding carboxylic acids is 1. The maximum atomic E-state index is 11.4. The smallest absolute Gasteiger partial charge is 0.254 e. The predicted octanol–water partition coefficient (Wildman–Crippen LogP) is -0.0001000. The van der Waals surface area contributed by atoms with Gasteiger partial charge in [0.15, 0.2) is 5.65 Å². The van der Waals surface area contributed by atoms with Gasteiger partial charge in [-0.3, -0.25) is 4.79 Å². The first-order valence-corrected chi connectivity index (χ1v) is 7.16. The van der Waals surface area contributed by atoms with Gasteiger partial charge in [-0.1, -0.05) is 0 Å². The van der Waals surface area contributed by atoms with Crippen LogP contribution < -0.4 is 5.73 Å². The zero-order valence-electron chi connectivity index (χ0n) is 11.8. The largest absolute Gasteiger partial charge is 0.395 e. The van der Waals surface area contributed by atoms with Crippen molar-refractivity contribution in [1.82, 2.24) is 19.5 Å². The van der Waals surface area contributed by atoms with Crippen molar-refractivity contribution in [2.45, 2.75) is 18.8 Å². The number of nitrogens with two attached hydrogens (primary N) is 1. The summed E-state index contributed by atoms with van der Waals surface area (Å²) in [6, 6.07) is 1.94. The van der Waals surface area contributed by atoms with Gasteiger partial charge in [0.05, 0.1) is 18.5 Å². The van der Waals surface area contributed by atoms with Crippen LogP contribution in [0.5, 0.6) is 0 Å². The van der Waals surface area contributed by atoms with E-state index in [9.17, 15) is 4.79 Å². The maximum absolute atomic E-state index is 11.4. The Labute approximate surface area is 122 Å². The molecule has 1 atom stereocenters. The molecule has 1 unspecified atom stereocenters. The molecule has 1 fully saturated rings. The van der Waals surface area contributed by atoms with Crippen LogP contribution in [0.25, 0.3) is 5.65 Å². The van der Waals surface area contributed by atoms with Crippen molar-refractivity contribution in [3.05, 3.63) is 29.7 Å². The average molecular weight is 289 g/mol. The Balaban J connectivity index is 1.95. The van der Waals surface area contributed by atoms with Gasteiger partial charge in [0.1, 0.15) is 5.56 Å². The molecule has 1 aliphatic rings. The molecule has 0 radical (unpaired) electrons. The summed E-state index contributed by atoms with van der Waals surface area (Å²) < 4.78 is 1.72. The zero-order chi connectivity index (χ0) is 14.8. The van der Waals surface area contributed by atoms with Gasteiger partial charge in [0, 0.05) is 25.2 Å². The number of primary amides is 1. The van der Waals surface area contributed by atoms with Gasteiger partial charge in [-0.15, -0.1) is 0 Å². The molecule has 3 heterocycles. The van der Waals surface area contributed by atoms with Gasteiger partial charge in [-0.05, 0) is 25.5 Å². The van der Waals surface area contributed by atoms with Crippen molar-refractivity contribution < 1.29 is 9.90 Å². The third kappa shape index (κ3) is 2.62. The minimum Gasteiger partial charge on any atom is -0.395 e. The van der Waals surface area contributed by atoms with E-state index in [1.807, 2.05) is 6.07 Å². The first-order chi connectivity index (χ1) is 10.2. The molecule has 7 nitrogen and oxygen atoms in total. The van der Waals surface area contributed by atoms with E-state index in [1.165, 1.54) is 6.20 Å². The van der Waals surface area contributed by atoms with Crippen LogP contribution in [0.15, 0.2) is 18.5 Å². The lowest BCUT2D eigenvalue weighted by Gasteiger charge is -2.32. The van der Waals surface area contributed by atoms with Gasteiger partial charge >= 0.3 is 0 Å². The molecule has 3 rings (SSSR count). The molecule has 0 aliphatic carbocycles. The fourth-order valence-electron chi connectivity index (χ4n) is 3.03. The second-order valence-electron chi connectivity index (χ2n) is 5.39. The lowest BCUT2D eigenvalue weighted by atomic mass is 9.94. The highest BCUT2D eigenvalue weighted by Crippen LogP contribution is 2.27. The molecule has 1 amide bonds. The molecule has 3 N–H and O–H groups in total. The molecule has 1 aliphatic heterocycles. The molecule has 0 spiro atoms.